The summed E-state index contributed by atoms with van der Waals surface area (Å²) in [6.07, 6.45) is 8.24. The summed E-state index contributed by atoms with van der Waals surface area (Å²) in [7, 11) is 2.10. The number of ketones is 2. The molecule has 4 rings (SSSR count). The van der Waals surface area contributed by atoms with Gasteiger partial charge in [-0.3, -0.25) is 9.59 Å². The number of piperidine rings is 1. The average Bonchev–Trinajstić information content (AvgIpc) is 2.99. The van der Waals surface area contributed by atoms with Crippen molar-refractivity contribution in [3.63, 3.8) is 0 Å². The first-order chi connectivity index (χ1) is 10.6. The SMILES string of the molecule is CN1CCC(n2nc3c(n2)C2CC=CC=C2C(=O)C3=O)CC1. The van der Waals surface area contributed by atoms with Gasteiger partial charge in [-0.15, -0.1) is 5.10 Å². The van der Waals surface area contributed by atoms with E-state index in [9.17, 15) is 9.59 Å². The van der Waals surface area contributed by atoms with Gasteiger partial charge in [0.1, 0.15) is 5.69 Å². The molecule has 0 bridgehead atoms. The lowest BCUT2D eigenvalue weighted by atomic mass is 9.79. The maximum Gasteiger partial charge on any atom is 0.255 e. The molecule has 1 atom stereocenters. The minimum atomic E-state index is -0.507. The highest BCUT2D eigenvalue weighted by atomic mass is 16.2. The second kappa shape index (κ2) is 4.98. The Bertz CT molecular complexity index is 708. The van der Waals surface area contributed by atoms with Gasteiger partial charge in [0.15, 0.2) is 5.69 Å². The summed E-state index contributed by atoms with van der Waals surface area (Å²) in [5, 5.41) is 9.00. The third kappa shape index (κ3) is 1.98. The maximum absolute atomic E-state index is 12.3. The van der Waals surface area contributed by atoms with Crippen LogP contribution in [0, 0.1) is 0 Å². The Morgan fingerprint density at radius 3 is 2.68 bits per heavy atom. The Kier molecular flexibility index (Phi) is 3.07. The summed E-state index contributed by atoms with van der Waals surface area (Å²) in [4.78, 5) is 28.5. The number of likely N-dealkylation sites (tertiary alicyclic amines) is 1. The van der Waals surface area contributed by atoms with E-state index in [0.717, 1.165) is 25.9 Å². The number of hydrogen-bond acceptors (Lipinski definition) is 5. The summed E-state index contributed by atoms with van der Waals surface area (Å²) in [5.74, 6) is -1.03. The van der Waals surface area contributed by atoms with E-state index in [2.05, 4.69) is 22.1 Å². The molecular weight excluding hydrogens is 280 g/mol. The average molecular weight is 298 g/mol. The van der Waals surface area contributed by atoms with Crippen LogP contribution in [-0.2, 0) is 4.79 Å². The molecule has 1 fully saturated rings. The molecule has 1 aromatic rings. The van der Waals surface area contributed by atoms with Crippen molar-refractivity contribution in [1.29, 1.82) is 0 Å². The fourth-order valence-electron chi connectivity index (χ4n) is 3.48. The van der Waals surface area contributed by atoms with E-state index in [-0.39, 0.29) is 17.7 Å². The van der Waals surface area contributed by atoms with E-state index in [1.165, 1.54) is 0 Å². The van der Waals surface area contributed by atoms with Gasteiger partial charge in [0, 0.05) is 11.5 Å². The first kappa shape index (κ1) is 13.6. The number of Topliss-reactive ketones (excluding diaryl/α,β-unsaturated/α-hetero) is 2. The monoisotopic (exact) mass is 298 g/mol. The van der Waals surface area contributed by atoms with Gasteiger partial charge in [-0.25, -0.2) is 0 Å². The van der Waals surface area contributed by atoms with Gasteiger partial charge in [-0.2, -0.15) is 9.90 Å². The number of fused-ring (bicyclic) bond motifs is 3. The first-order valence-corrected chi connectivity index (χ1v) is 7.76. The largest absolute Gasteiger partial charge is 0.306 e. The minimum absolute atomic E-state index is 0.106. The molecule has 0 spiro atoms. The highest BCUT2D eigenvalue weighted by Crippen LogP contribution is 2.37. The Labute approximate surface area is 128 Å². The Hall–Kier alpha value is -2.08. The number of carbonyl (C=O) groups is 2. The molecule has 0 radical (unpaired) electrons. The second-order valence-electron chi connectivity index (χ2n) is 6.29. The van der Waals surface area contributed by atoms with Crippen molar-refractivity contribution in [1.82, 2.24) is 19.9 Å². The third-order valence-electron chi connectivity index (χ3n) is 4.84. The molecule has 6 heteroatoms. The summed E-state index contributed by atoms with van der Waals surface area (Å²) in [5.41, 5.74) is 1.51. The molecule has 0 saturated carbocycles. The Morgan fingerprint density at radius 2 is 1.91 bits per heavy atom. The van der Waals surface area contributed by atoms with Gasteiger partial charge in [0.2, 0.25) is 5.78 Å². The molecule has 0 amide bonds. The van der Waals surface area contributed by atoms with Crippen LogP contribution in [0.4, 0.5) is 0 Å². The highest BCUT2D eigenvalue weighted by Gasteiger charge is 2.41. The van der Waals surface area contributed by atoms with Crippen LogP contribution in [0.15, 0.2) is 23.8 Å². The van der Waals surface area contributed by atoms with E-state index in [0.29, 0.717) is 17.7 Å². The topological polar surface area (TPSA) is 68.1 Å². The molecule has 22 heavy (non-hydrogen) atoms. The quantitative estimate of drug-likeness (QED) is 0.731. The lowest BCUT2D eigenvalue weighted by molar-refractivity contribution is -0.112. The highest BCUT2D eigenvalue weighted by molar-refractivity contribution is 6.50. The predicted octanol–water partition coefficient (Wildman–Crippen LogP) is 1.28. The van der Waals surface area contributed by atoms with Crippen LogP contribution >= 0.6 is 0 Å². The molecule has 1 aliphatic heterocycles. The molecule has 114 valence electrons. The van der Waals surface area contributed by atoms with Crippen LogP contribution in [0.5, 0.6) is 0 Å². The third-order valence-corrected chi connectivity index (χ3v) is 4.84. The normalized spacial score (nSPS) is 25.9. The van der Waals surface area contributed by atoms with Crippen LogP contribution in [0.25, 0.3) is 0 Å². The van der Waals surface area contributed by atoms with Crippen molar-refractivity contribution < 1.29 is 9.59 Å². The molecular formula is C16H18N4O2. The molecule has 3 aliphatic rings. The van der Waals surface area contributed by atoms with Crippen molar-refractivity contribution in [3.8, 4) is 0 Å². The maximum atomic E-state index is 12.3. The molecule has 1 unspecified atom stereocenters. The van der Waals surface area contributed by atoms with Gasteiger partial charge in [-0.05, 0) is 39.4 Å². The number of nitrogens with zero attached hydrogens (tertiary/aromatic N) is 4. The first-order valence-electron chi connectivity index (χ1n) is 7.76. The fourth-order valence-corrected chi connectivity index (χ4v) is 3.48. The lowest BCUT2D eigenvalue weighted by Gasteiger charge is -2.28. The molecule has 0 N–H and O–H groups in total. The molecule has 0 aromatic carbocycles. The predicted molar refractivity (Wildman–Crippen MR) is 79.7 cm³/mol. The second-order valence-corrected chi connectivity index (χ2v) is 6.29. The summed E-state index contributed by atoms with van der Waals surface area (Å²) >= 11 is 0. The number of rotatable bonds is 1. The molecule has 2 aliphatic carbocycles. The summed E-state index contributed by atoms with van der Waals surface area (Å²) in [6, 6.07) is 0.219. The molecule has 1 aromatic heterocycles. The number of hydrogen-bond donors (Lipinski definition) is 0. The van der Waals surface area contributed by atoms with E-state index in [1.54, 1.807) is 10.9 Å². The summed E-state index contributed by atoms with van der Waals surface area (Å²) < 4.78 is 0. The Balaban J connectivity index is 1.72. The van der Waals surface area contributed by atoms with Gasteiger partial charge in [0.25, 0.3) is 5.78 Å². The van der Waals surface area contributed by atoms with E-state index >= 15 is 0 Å². The van der Waals surface area contributed by atoms with Crippen LogP contribution in [0.2, 0.25) is 0 Å². The van der Waals surface area contributed by atoms with Crippen molar-refractivity contribution in [2.24, 2.45) is 0 Å². The number of aromatic nitrogens is 3. The van der Waals surface area contributed by atoms with Gasteiger partial charge >= 0.3 is 0 Å². The minimum Gasteiger partial charge on any atom is -0.306 e. The van der Waals surface area contributed by atoms with Crippen molar-refractivity contribution in [3.05, 3.63) is 35.2 Å². The van der Waals surface area contributed by atoms with Crippen molar-refractivity contribution >= 4 is 11.6 Å². The van der Waals surface area contributed by atoms with Crippen LogP contribution in [0.3, 0.4) is 0 Å². The lowest BCUT2D eigenvalue weighted by Crippen LogP contribution is -2.32. The zero-order chi connectivity index (χ0) is 15.3. The van der Waals surface area contributed by atoms with E-state index in [4.69, 9.17) is 0 Å². The molecule has 1 saturated heterocycles. The van der Waals surface area contributed by atoms with Gasteiger partial charge in [0.05, 0.1) is 6.04 Å². The number of allylic oxidation sites excluding steroid dienone is 4. The molecule has 2 heterocycles. The molecule has 6 nitrogen and oxygen atoms in total. The van der Waals surface area contributed by atoms with E-state index < -0.39 is 11.6 Å². The van der Waals surface area contributed by atoms with Gasteiger partial charge in [-0.1, -0.05) is 18.2 Å². The summed E-state index contributed by atoms with van der Waals surface area (Å²) in [6.45, 7) is 2.00. The fraction of sp³-hybridized carbons (Fsp3) is 0.500. The standard InChI is InChI=1S/C16H18N4O2/c1-19-8-6-10(7-9-19)20-17-13-11-4-2-3-5-12(11)15(21)16(22)14(13)18-20/h2-3,5,10-11H,4,6-9H2,1H3. The van der Waals surface area contributed by atoms with E-state index in [1.807, 2.05) is 12.2 Å². The van der Waals surface area contributed by atoms with Crippen molar-refractivity contribution in [2.45, 2.75) is 31.2 Å². The van der Waals surface area contributed by atoms with Crippen LogP contribution < -0.4 is 0 Å². The number of carbonyl (C=O) groups excluding carboxylic acids is 2. The van der Waals surface area contributed by atoms with Crippen LogP contribution in [-0.4, -0.2) is 51.6 Å². The smallest absolute Gasteiger partial charge is 0.255 e. The van der Waals surface area contributed by atoms with Crippen LogP contribution in [0.1, 0.15) is 47.4 Å². The zero-order valence-corrected chi connectivity index (χ0v) is 12.5. The Morgan fingerprint density at radius 1 is 1.14 bits per heavy atom. The van der Waals surface area contributed by atoms with Gasteiger partial charge < -0.3 is 4.90 Å². The van der Waals surface area contributed by atoms with Crippen molar-refractivity contribution in [2.75, 3.05) is 20.1 Å². The zero-order valence-electron chi connectivity index (χ0n) is 12.5.